The standard InChI is InChI=1S/C8H17N5S/c1-4-9-5-8-10-11-12-13(8)6-7(2)14-3/h7,9H,4-6H2,1-3H3. The van der Waals surface area contributed by atoms with Crippen molar-refractivity contribution in [3.05, 3.63) is 5.82 Å². The van der Waals surface area contributed by atoms with Crippen LogP contribution in [-0.2, 0) is 13.1 Å². The molecular weight excluding hydrogens is 198 g/mol. The van der Waals surface area contributed by atoms with Gasteiger partial charge in [0.05, 0.1) is 13.1 Å². The highest BCUT2D eigenvalue weighted by molar-refractivity contribution is 7.99. The van der Waals surface area contributed by atoms with Crippen LogP contribution in [0.4, 0.5) is 0 Å². The Morgan fingerprint density at radius 3 is 3.00 bits per heavy atom. The minimum atomic E-state index is 0.541. The lowest BCUT2D eigenvalue weighted by Gasteiger charge is -2.09. The molecule has 1 atom stereocenters. The van der Waals surface area contributed by atoms with Crippen molar-refractivity contribution in [1.82, 2.24) is 25.5 Å². The number of thioether (sulfide) groups is 1. The van der Waals surface area contributed by atoms with Crippen molar-refractivity contribution in [2.45, 2.75) is 32.2 Å². The molecule has 0 fully saturated rings. The molecule has 0 amide bonds. The number of tetrazole rings is 1. The van der Waals surface area contributed by atoms with Gasteiger partial charge in [0.1, 0.15) is 0 Å². The predicted octanol–water partition coefficient (Wildman–Crippen LogP) is 0.534. The van der Waals surface area contributed by atoms with Crippen LogP contribution in [0.1, 0.15) is 19.7 Å². The van der Waals surface area contributed by atoms with E-state index in [1.54, 1.807) is 0 Å². The van der Waals surface area contributed by atoms with Crippen LogP contribution in [0, 0.1) is 0 Å². The second-order valence-electron chi connectivity index (χ2n) is 3.10. The summed E-state index contributed by atoms with van der Waals surface area (Å²) in [5, 5.41) is 15.4. The molecule has 1 aromatic rings. The maximum Gasteiger partial charge on any atom is 0.165 e. The monoisotopic (exact) mass is 215 g/mol. The van der Waals surface area contributed by atoms with Crippen molar-refractivity contribution in [2.24, 2.45) is 0 Å². The molecule has 0 aliphatic heterocycles. The summed E-state index contributed by atoms with van der Waals surface area (Å²) in [5.41, 5.74) is 0. The van der Waals surface area contributed by atoms with Crippen molar-refractivity contribution in [3.63, 3.8) is 0 Å². The molecule has 80 valence electrons. The third-order valence-electron chi connectivity index (χ3n) is 1.97. The van der Waals surface area contributed by atoms with Gasteiger partial charge in [-0.25, -0.2) is 4.68 Å². The van der Waals surface area contributed by atoms with Crippen LogP contribution in [0.25, 0.3) is 0 Å². The molecule has 0 bridgehead atoms. The molecule has 0 aromatic carbocycles. The van der Waals surface area contributed by atoms with E-state index in [9.17, 15) is 0 Å². The van der Waals surface area contributed by atoms with E-state index >= 15 is 0 Å². The normalized spacial score (nSPS) is 13.1. The molecule has 0 saturated carbocycles. The van der Waals surface area contributed by atoms with Crippen LogP contribution in [0.5, 0.6) is 0 Å². The van der Waals surface area contributed by atoms with Gasteiger partial charge in [-0.05, 0) is 23.2 Å². The van der Waals surface area contributed by atoms with Crippen molar-refractivity contribution >= 4 is 11.8 Å². The Kier molecular flexibility index (Phi) is 4.89. The largest absolute Gasteiger partial charge is 0.310 e. The maximum absolute atomic E-state index is 3.97. The molecule has 1 N–H and O–H groups in total. The van der Waals surface area contributed by atoms with Gasteiger partial charge in [0, 0.05) is 5.25 Å². The smallest absolute Gasteiger partial charge is 0.165 e. The number of rotatable bonds is 6. The molecular formula is C8H17N5S. The Bertz CT molecular complexity index is 262. The first-order valence-electron chi connectivity index (χ1n) is 4.76. The van der Waals surface area contributed by atoms with E-state index in [4.69, 9.17) is 0 Å². The fourth-order valence-electron chi connectivity index (χ4n) is 1.05. The molecule has 6 heteroatoms. The first-order chi connectivity index (χ1) is 6.77. The minimum Gasteiger partial charge on any atom is -0.310 e. The lowest BCUT2D eigenvalue weighted by Crippen LogP contribution is -2.19. The third kappa shape index (κ3) is 3.26. The van der Waals surface area contributed by atoms with E-state index in [1.165, 1.54) is 0 Å². The summed E-state index contributed by atoms with van der Waals surface area (Å²) < 4.78 is 1.86. The molecule has 0 saturated heterocycles. The van der Waals surface area contributed by atoms with Gasteiger partial charge in [-0.15, -0.1) is 5.10 Å². The van der Waals surface area contributed by atoms with E-state index in [1.807, 2.05) is 16.4 Å². The molecule has 1 aromatic heterocycles. The van der Waals surface area contributed by atoms with Gasteiger partial charge in [0.15, 0.2) is 5.82 Å². The molecule has 14 heavy (non-hydrogen) atoms. The van der Waals surface area contributed by atoms with Crippen LogP contribution in [-0.4, -0.2) is 38.3 Å². The molecule has 0 aliphatic carbocycles. The Hall–Kier alpha value is -0.620. The summed E-state index contributed by atoms with van der Waals surface area (Å²) in [6.07, 6.45) is 2.10. The highest BCUT2D eigenvalue weighted by Crippen LogP contribution is 2.07. The van der Waals surface area contributed by atoms with E-state index < -0.39 is 0 Å². The summed E-state index contributed by atoms with van der Waals surface area (Å²) in [6.45, 7) is 6.78. The van der Waals surface area contributed by atoms with Gasteiger partial charge in [0.25, 0.3) is 0 Å². The topological polar surface area (TPSA) is 55.6 Å². The van der Waals surface area contributed by atoms with Gasteiger partial charge in [0.2, 0.25) is 0 Å². The Balaban J connectivity index is 2.53. The summed E-state index contributed by atoms with van der Waals surface area (Å²) in [5.74, 6) is 0.910. The van der Waals surface area contributed by atoms with Crippen molar-refractivity contribution in [3.8, 4) is 0 Å². The summed E-state index contributed by atoms with van der Waals surface area (Å²) in [7, 11) is 0. The first-order valence-corrected chi connectivity index (χ1v) is 6.05. The quantitative estimate of drug-likeness (QED) is 0.750. The number of hydrogen-bond donors (Lipinski definition) is 1. The Labute approximate surface area is 88.6 Å². The molecule has 1 unspecified atom stereocenters. The molecule has 0 radical (unpaired) electrons. The Morgan fingerprint density at radius 2 is 2.36 bits per heavy atom. The van der Waals surface area contributed by atoms with Gasteiger partial charge in [-0.1, -0.05) is 13.8 Å². The first kappa shape index (κ1) is 11.5. The summed E-state index contributed by atoms with van der Waals surface area (Å²) in [6, 6.07) is 0. The molecule has 0 spiro atoms. The second-order valence-corrected chi connectivity index (χ2v) is 4.38. The van der Waals surface area contributed by atoms with Crippen molar-refractivity contribution < 1.29 is 0 Å². The molecule has 0 aliphatic rings. The van der Waals surface area contributed by atoms with Crippen molar-refractivity contribution in [2.75, 3.05) is 12.8 Å². The van der Waals surface area contributed by atoms with Crippen molar-refractivity contribution in [1.29, 1.82) is 0 Å². The maximum atomic E-state index is 3.97. The van der Waals surface area contributed by atoms with Gasteiger partial charge < -0.3 is 5.32 Å². The Morgan fingerprint density at radius 1 is 1.57 bits per heavy atom. The summed E-state index contributed by atoms with van der Waals surface area (Å²) >= 11 is 1.82. The predicted molar refractivity (Wildman–Crippen MR) is 58.2 cm³/mol. The van der Waals surface area contributed by atoms with Gasteiger partial charge >= 0.3 is 0 Å². The number of nitrogens with zero attached hydrogens (tertiary/aromatic N) is 4. The zero-order valence-electron chi connectivity index (χ0n) is 8.90. The van der Waals surface area contributed by atoms with Crippen LogP contribution in [0.15, 0.2) is 0 Å². The lowest BCUT2D eigenvalue weighted by molar-refractivity contribution is 0.545. The number of aromatic nitrogens is 4. The highest BCUT2D eigenvalue weighted by atomic mass is 32.2. The van der Waals surface area contributed by atoms with Crippen LogP contribution in [0.2, 0.25) is 0 Å². The average Bonchev–Trinajstić information content (AvgIpc) is 2.62. The van der Waals surface area contributed by atoms with Crippen LogP contribution in [0.3, 0.4) is 0 Å². The SMILES string of the molecule is CCNCc1nnnn1CC(C)SC. The average molecular weight is 215 g/mol. The molecule has 1 heterocycles. The minimum absolute atomic E-state index is 0.541. The summed E-state index contributed by atoms with van der Waals surface area (Å²) in [4.78, 5) is 0. The lowest BCUT2D eigenvalue weighted by atomic mass is 10.4. The van der Waals surface area contributed by atoms with Gasteiger partial charge in [-0.2, -0.15) is 11.8 Å². The zero-order valence-corrected chi connectivity index (χ0v) is 9.71. The van der Waals surface area contributed by atoms with Gasteiger partial charge in [-0.3, -0.25) is 0 Å². The van der Waals surface area contributed by atoms with E-state index in [2.05, 4.69) is 40.9 Å². The fraction of sp³-hybridized carbons (Fsp3) is 0.875. The molecule has 1 rings (SSSR count). The van der Waals surface area contributed by atoms with Crippen LogP contribution < -0.4 is 5.32 Å². The van der Waals surface area contributed by atoms with Crippen LogP contribution >= 0.6 is 11.8 Å². The highest BCUT2D eigenvalue weighted by Gasteiger charge is 2.08. The second kappa shape index (κ2) is 5.98. The fourth-order valence-corrected chi connectivity index (χ4v) is 1.34. The zero-order chi connectivity index (χ0) is 10.4. The van der Waals surface area contributed by atoms with E-state index in [-0.39, 0.29) is 0 Å². The number of hydrogen-bond acceptors (Lipinski definition) is 5. The molecule has 5 nitrogen and oxygen atoms in total. The van der Waals surface area contributed by atoms with E-state index in [0.29, 0.717) is 5.25 Å². The van der Waals surface area contributed by atoms with E-state index in [0.717, 1.165) is 25.5 Å². The third-order valence-corrected chi connectivity index (χ3v) is 2.93. The number of nitrogens with one attached hydrogen (secondary N) is 1.